The molecular formula is C29H41ClN4O3. The Labute approximate surface area is 227 Å². The molecule has 2 fully saturated rings. The third-order valence-electron chi connectivity index (χ3n) is 7.59. The first-order chi connectivity index (χ1) is 17.4. The lowest BCUT2D eigenvalue weighted by Crippen LogP contribution is -2.53. The maximum Gasteiger partial charge on any atom is 0.252 e. The standard InChI is InChI=1S/C29H40N4O3.ClH/c1-22(2)32-15-13-23(14-16-32)21-31-17-19-33(20-18-31)29(35)27(24-7-5-4-6-8-24)30-28(34)25-9-11-26(36-3)12-10-25;/h4-12,22-23,27H,13-21H2,1-3H3,(H,30,34);1H/t27-;/m1./s1. The van der Waals surface area contributed by atoms with E-state index in [4.69, 9.17) is 4.74 Å². The van der Waals surface area contributed by atoms with Gasteiger partial charge in [0.15, 0.2) is 0 Å². The molecule has 2 aromatic rings. The number of piperidine rings is 1. The number of halogens is 1. The first-order valence-corrected chi connectivity index (χ1v) is 13.2. The largest absolute Gasteiger partial charge is 0.497 e. The Hall–Kier alpha value is -2.61. The molecular weight excluding hydrogens is 488 g/mol. The number of amides is 2. The summed E-state index contributed by atoms with van der Waals surface area (Å²) in [4.78, 5) is 33.6. The van der Waals surface area contributed by atoms with Gasteiger partial charge in [0, 0.05) is 44.3 Å². The van der Waals surface area contributed by atoms with E-state index in [-0.39, 0.29) is 24.2 Å². The molecule has 0 radical (unpaired) electrons. The molecule has 0 spiro atoms. The summed E-state index contributed by atoms with van der Waals surface area (Å²) in [6.07, 6.45) is 2.51. The molecule has 0 aromatic heterocycles. The molecule has 4 rings (SSSR count). The van der Waals surface area contributed by atoms with Crippen LogP contribution in [0.5, 0.6) is 5.75 Å². The van der Waals surface area contributed by atoms with E-state index in [0.717, 1.165) is 31.1 Å². The summed E-state index contributed by atoms with van der Waals surface area (Å²) in [6, 6.07) is 16.4. The van der Waals surface area contributed by atoms with Gasteiger partial charge in [0.2, 0.25) is 5.91 Å². The number of hydrogen-bond donors (Lipinski definition) is 1. The summed E-state index contributed by atoms with van der Waals surface area (Å²) in [7, 11) is 1.59. The Morgan fingerprint density at radius 1 is 0.919 bits per heavy atom. The van der Waals surface area contributed by atoms with E-state index in [0.29, 0.717) is 30.4 Å². The van der Waals surface area contributed by atoms with Gasteiger partial charge in [-0.15, -0.1) is 12.4 Å². The van der Waals surface area contributed by atoms with E-state index >= 15 is 0 Å². The number of ether oxygens (including phenoxy) is 1. The number of likely N-dealkylation sites (tertiary alicyclic amines) is 1. The minimum Gasteiger partial charge on any atom is -0.497 e. The molecule has 0 unspecified atom stereocenters. The number of carbonyl (C=O) groups is 2. The van der Waals surface area contributed by atoms with Crippen LogP contribution in [0.3, 0.4) is 0 Å². The van der Waals surface area contributed by atoms with Crippen LogP contribution in [-0.4, -0.2) is 85.5 Å². The predicted octanol–water partition coefficient (Wildman–Crippen LogP) is 3.85. The van der Waals surface area contributed by atoms with Gasteiger partial charge in [-0.2, -0.15) is 0 Å². The average molecular weight is 529 g/mol. The van der Waals surface area contributed by atoms with Crippen molar-refractivity contribution in [2.24, 2.45) is 5.92 Å². The van der Waals surface area contributed by atoms with Crippen LogP contribution in [0.1, 0.15) is 48.7 Å². The molecule has 202 valence electrons. The third-order valence-corrected chi connectivity index (χ3v) is 7.59. The fraction of sp³-hybridized carbons (Fsp3) is 0.517. The van der Waals surface area contributed by atoms with E-state index < -0.39 is 6.04 Å². The van der Waals surface area contributed by atoms with Crippen molar-refractivity contribution in [3.05, 3.63) is 65.7 Å². The van der Waals surface area contributed by atoms with Gasteiger partial charge < -0.3 is 19.9 Å². The fourth-order valence-electron chi connectivity index (χ4n) is 5.24. The molecule has 2 aliphatic rings. The molecule has 2 aliphatic heterocycles. The van der Waals surface area contributed by atoms with Crippen LogP contribution in [-0.2, 0) is 4.79 Å². The van der Waals surface area contributed by atoms with Gasteiger partial charge in [-0.05, 0) is 75.5 Å². The zero-order valence-electron chi connectivity index (χ0n) is 22.3. The highest BCUT2D eigenvalue weighted by atomic mass is 35.5. The van der Waals surface area contributed by atoms with Crippen molar-refractivity contribution in [1.29, 1.82) is 0 Å². The first kappa shape index (κ1) is 29.0. The van der Waals surface area contributed by atoms with Crippen LogP contribution in [0.2, 0.25) is 0 Å². The van der Waals surface area contributed by atoms with Gasteiger partial charge in [0.25, 0.3) is 5.91 Å². The molecule has 1 atom stereocenters. The van der Waals surface area contributed by atoms with Gasteiger partial charge >= 0.3 is 0 Å². The summed E-state index contributed by atoms with van der Waals surface area (Å²) in [6.45, 7) is 11.2. The zero-order chi connectivity index (χ0) is 25.5. The Bertz CT molecular complexity index is 986. The molecule has 2 heterocycles. The minimum atomic E-state index is -0.715. The fourth-order valence-corrected chi connectivity index (χ4v) is 5.24. The van der Waals surface area contributed by atoms with Crippen LogP contribution in [0, 0.1) is 5.92 Å². The van der Waals surface area contributed by atoms with Crippen molar-refractivity contribution in [3.63, 3.8) is 0 Å². The Balaban J connectivity index is 0.00000380. The number of nitrogens with zero attached hydrogens (tertiary/aromatic N) is 3. The van der Waals surface area contributed by atoms with Gasteiger partial charge in [-0.25, -0.2) is 0 Å². The molecule has 2 aromatic carbocycles. The molecule has 1 N–H and O–H groups in total. The number of nitrogens with one attached hydrogen (secondary N) is 1. The SMILES string of the molecule is COc1ccc(C(=O)N[C@@H](C(=O)N2CCN(CC3CCN(C(C)C)CC3)CC2)c2ccccc2)cc1.Cl. The van der Waals surface area contributed by atoms with Crippen molar-refractivity contribution in [1.82, 2.24) is 20.0 Å². The second kappa shape index (κ2) is 13.8. The number of hydrogen-bond acceptors (Lipinski definition) is 5. The minimum absolute atomic E-state index is 0. The Kier molecular flexibility index (Phi) is 10.8. The maximum atomic E-state index is 13.6. The van der Waals surface area contributed by atoms with Gasteiger partial charge in [-0.3, -0.25) is 14.5 Å². The highest BCUT2D eigenvalue weighted by Crippen LogP contribution is 2.22. The summed E-state index contributed by atoms with van der Waals surface area (Å²) in [5.74, 6) is 1.10. The van der Waals surface area contributed by atoms with Crippen LogP contribution in [0.25, 0.3) is 0 Å². The zero-order valence-corrected chi connectivity index (χ0v) is 23.1. The topological polar surface area (TPSA) is 65.1 Å². The lowest BCUT2D eigenvalue weighted by atomic mass is 9.95. The highest BCUT2D eigenvalue weighted by Gasteiger charge is 2.31. The summed E-state index contributed by atoms with van der Waals surface area (Å²) < 4.78 is 5.19. The highest BCUT2D eigenvalue weighted by molar-refractivity contribution is 5.98. The Morgan fingerprint density at radius 2 is 1.54 bits per heavy atom. The van der Waals surface area contributed by atoms with Crippen LogP contribution in [0.4, 0.5) is 0 Å². The van der Waals surface area contributed by atoms with Gasteiger partial charge in [0.05, 0.1) is 7.11 Å². The number of methoxy groups -OCH3 is 1. The van der Waals surface area contributed by atoms with Crippen molar-refractivity contribution < 1.29 is 14.3 Å². The lowest BCUT2D eigenvalue weighted by molar-refractivity contribution is -0.135. The average Bonchev–Trinajstić information content (AvgIpc) is 2.92. The monoisotopic (exact) mass is 528 g/mol. The molecule has 37 heavy (non-hydrogen) atoms. The van der Waals surface area contributed by atoms with Crippen LogP contribution in [0.15, 0.2) is 54.6 Å². The number of piperazine rings is 1. The van der Waals surface area contributed by atoms with Crippen molar-refractivity contribution in [2.45, 2.75) is 38.8 Å². The Morgan fingerprint density at radius 3 is 2.11 bits per heavy atom. The molecule has 0 bridgehead atoms. The number of benzene rings is 2. The normalized spacial score (nSPS) is 18.2. The maximum absolute atomic E-state index is 13.6. The van der Waals surface area contributed by atoms with E-state index in [1.54, 1.807) is 31.4 Å². The summed E-state index contributed by atoms with van der Waals surface area (Å²) >= 11 is 0. The quantitative estimate of drug-likeness (QED) is 0.564. The smallest absolute Gasteiger partial charge is 0.252 e. The van der Waals surface area contributed by atoms with Crippen LogP contribution >= 0.6 is 12.4 Å². The van der Waals surface area contributed by atoms with E-state index in [1.165, 1.54) is 25.9 Å². The van der Waals surface area contributed by atoms with Gasteiger partial charge in [-0.1, -0.05) is 30.3 Å². The first-order valence-electron chi connectivity index (χ1n) is 13.2. The molecule has 0 saturated carbocycles. The molecule has 2 saturated heterocycles. The molecule has 2 amide bonds. The molecule has 8 heteroatoms. The second-order valence-electron chi connectivity index (χ2n) is 10.2. The third kappa shape index (κ3) is 7.69. The van der Waals surface area contributed by atoms with E-state index in [2.05, 4.69) is 29.0 Å². The second-order valence-corrected chi connectivity index (χ2v) is 10.2. The van der Waals surface area contributed by atoms with Crippen molar-refractivity contribution in [3.8, 4) is 5.75 Å². The van der Waals surface area contributed by atoms with Crippen molar-refractivity contribution >= 4 is 24.2 Å². The van der Waals surface area contributed by atoms with E-state index in [1.807, 2.05) is 35.2 Å². The van der Waals surface area contributed by atoms with Crippen LogP contribution < -0.4 is 10.1 Å². The lowest BCUT2D eigenvalue weighted by Gasteiger charge is -2.40. The predicted molar refractivity (Wildman–Crippen MR) is 149 cm³/mol. The van der Waals surface area contributed by atoms with Crippen molar-refractivity contribution in [2.75, 3.05) is 52.9 Å². The number of carbonyl (C=O) groups excluding carboxylic acids is 2. The van der Waals surface area contributed by atoms with E-state index in [9.17, 15) is 9.59 Å². The van der Waals surface area contributed by atoms with Gasteiger partial charge in [0.1, 0.15) is 11.8 Å². The molecule has 7 nitrogen and oxygen atoms in total. The molecule has 0 aliphatic carbocycles. The summed E-state index contributed by atoms with van der Waals surface area (Å²) in [5.41, 5.74) is 1.29. The number of rotatable bonds is 8. The summed E-state index contributed by atoms with van der Waals surface area (Å²) in [5, 5.41) is 2.99.